The predicted octanol–water partition coefficient (Wildman–Crippen LogP) is 4.36. The van der Waals surface area contributed by atoms with Gasteiger partial charge in [-0.1, -0.05) is 35.3 Å². The first-order valence-corrected chi connectivity index (χ1v) is 7.62. The third kappa shape index (κ3) is 4.21. The average molecular weight is 330 g/mol. The van der Waals surface area contributed by atoms with Crippen molar-refractivity contribution < 1.29 is 9.90 Å². The van der Waals surface area contributed by atoms with E-state index < -0.39 is 5.97 Å². The zero-order valence-electron chi connectivity index (χ0n) is 10.5. The second kappa shape index (κ2) is 7.09. The van der Waals surface area contributed by atoms with Crippen molar-refractivity contribution in [3.05, 3.63) is 56.2 Å². The summed E-state index contributed by atoms with van der Waals surface area (Å²) < 4.78 is 0. The van der Waals surface area contributed by atoms with Gasteiger partial charge in [0.25, 0.3) is 0 Å². The molecule has 0 saturated heterocycles. The van der Waals surface area contributed by atoms with Gasteiger partial charge in [0.1, 0.15) is 0 Å². The molecule has 3 nitrogen and oxygen atoms in total. The van der Waals surface area contributed by atoms with Crippen LogP contribution in [0.3, 0.4) is 0 Å². The Morgan fingerprint density at radius 3 is 2.70 bits per heavy atom. The van der Waals surface area contributed by atoms with E-state index in [2.05, 4.69) is 5.32 Å². The molecule has 0 radical (unpaired) electrons. The Bertz CT molecular complexity index is 587. The molecule has 2 rings (SSSR count). The molecular formula is C14H13Cl2NO2S. The topological polar surface area (TPSA) is 49.3 Å². The summed E-state index contributed by atoms with van der Waals surface area (Å²) in [6.45, 7) is 0.534. The number of hydrogen-bond acceptors (Lipinski definition) is 3. The fraction of sp³-hybridized carbons (Fsp3) is 0.214. The van der Waals surface area contributed by atoms with Gasteiger partial charge in [-0.2, -0.15) is 0 Å². The molecule has 0 aliphatic heterocycles. The van der Waals surface area contributed by atoms with Crippen LogP contribution in [0.25, 0.3) is 0 Å². The Morgan fingerprint density at radius 1 is 1.30 bits per heavy atom. The van der Waals surface area contributed by atoms with Crippen LogP contribution >= 0.6 is 34.5 Å². The number of carboxylic acids is 1. The van der Waals surface area contributed by atoms with Crippen LogP contribution in [0, 0.1) is 0 Å². The predicted molar refractivity (Wildman–Crippen MR) is 82.6 cm³/mol. The van der Waals surface area contributed by atoms with E-state index in [0.29, 0.717) is 16.6 Å². The highest BCUT2D eigenvalue weighted by atomic mass is 35.5. The van der Waals surface area contributed by atoms with Gasteiger partial charge in [-0.25, -0.2) is 0 Å². The number of rotatable bonds is 6. The zero-order chi connectivity index (χ0) is 14.5. The summed E-state index contributed by atoms with van der Waals surface area (Å²) in [5.74, 6) is -0.829. The van der Waals surface area contributed by atoms with E-state index in [1.807, 2.05) is 23.6 Å². The number of halogens is 2. The number of aliphatic carboxylic acids is 1. The first-order valence-electron chi connectivity index (χ1n) is 5.99. The average Bonchev–Trinajstić information content (AvgIpc) is 2.92. The first kappa shape index (κ1) is 15.3. The van der Waals surface area contributed by atoms with Crippen LogP contribution in [0.1, 0.15) is 22.9 Å². The molecule has 6 heteroatoms. The molecule has 0 aliphatic rings. The van der Waals surface area contributed by atoms with Crippen LogP contribution in [0.4, 0.5) is 0 Å². The quantitative estimate of drug-likeness (QED) is 0.827. The molecule has 0 aliphatic carbocycles. The summed E-state index contributed by atoms with van der Waals surface area (Å²) in [5.41, 5.74) is 0.964. The van der Waals surface area contributed by atoms with E-state index in [9.17, 15) is 4.79 Å². The second-order valence-corrected chi connectivity index (χ2v) is 6.09. The first-order chi connectivity index (χ1) is 9.56. The maximum absolute atomic E-state index is 10.9. The SMILES string of the molecule is O=C(O)CC(NCc1ccc(Cl)c(Cl)c1)c1cccs1. The lowest BCUT2D eigenvalue weighted by Gasteiger charge is -2.15. The molecular weight excluding hydrogens is 317 g/mol. The Hall–Kier alpha value is -1.07. The number of carbonyl (C=O) groups is 1. The van der Waals surface area contributed by atoms with Crippen LogP contribution in [0.15, 0.2) is 35.7 Å². The van der Waals surface area contributed by atoms with Crippen LogP contribution in [0.2, 0.25) is 10.0 Å². The number of benzene rings is 1. The van der Waals surface area contributed by atoms with Crippen molar-refractivity contribution in [2.24, 2.45) is 0 Å². The van der Waals surface area contributed by atoms with Crippen LogP contribution in [0.5, 0.6) is 0 Å². The van der Waals surface area contributed by atoms with Gasteiger partial charge in [0, 0.05) is 11.4 Å². The number of thiophene rings is 1. The highest BCUT2D eigenvalue weighted by Crippen LogP contribution is 2.25. The van der Waals surface area contributed by atoms with Gasteiger partial charge in [0.15, 0.2) is 0 Å². The molecule has 0 spiro atoms. The van der Waals surface area contributed by atoms with Gasteiger partial charge in [0.2, 0.25) is 0 Å². The van der Waals surface area contributed by atoms with E-state index in [-0.39, 0.29) is 12.5 Å². The second-order valence-electron chi connectivity index (χ2n) is 4.30. The fourth-order valence-electron chi connectivity index (χ4n) is 1.83. The van der Waals surface area contributed by atoms with E-state index in [1.165, 1.54) is 0 Å². The monoisotopic (exact) mass is 329 g/mol. The van der Waals surface area contributed by atoms with Gasteiger partial charge in [-0.3, -0.25) is 4.79 Å². The summed E-state index contributed by atoms with van der Waals surface area (Å²) in [5, 5.41) is 15.2. The molecule has 1 aromatic carbocycles. The highest BCUT2D eigenvalue weighted by Gasteiger charge is 2.16. The largest absolute Gasteiger partial charge is 0.481 e. The summed E-state index contributed by atoms with van der Waals surface area (Å²) in [4.78, 5) is 11.9. The molecule has 0 fully saturated rings. The molecule has 2 N–H and O–H groups in total. The fourth-order valence-corrected chi connectivity index (χ4v) is 2.95. The lowest BCUT2D eigenvalue weighted by molar-refractivity contribution is -0.137. The van der Waals surface area contributed by atoms with Gasteiger partial charge in [-0.05, 0) is 29.1 Å². The molecule has 2 aromatic rings. The van der Waals surface area contributed by atoms with Gasteiger partial charge < -0.3 is 10.4 Å². The molecule has 0 saturated carbocycles. The van der Waals surface area contributed by atoms with E-state index in [4.69, 9.17) is 28.3 Å². The molecule has 0 amide bonds. The minimum atomic E-state index is -0.829. The Labute approximate surface area is 131 Å². The third-order valence-corrected chi connectivity index (χ3v) is 4.53. The van der Waals surface area contributed by atoms with Crippen molar-refractivity contribution in [2.75, 3.05) is 0 Å². The van der Waals surface area contributed by atoms with E-state index >= 15 is 0 Å². The Kier molecular flexibility index (Phi) is 5.43. The number of hydrogen-bond donors (Lipinski definition) is 2. The van der Waals surface area contributed by atoms with E-state index in [0.717, 1.165) is 10.4 Å². The molecule has 1 aromatic heterocycles. The standard InChI is InChI=1S/C14H13Cl2NO2S/c15-10-4-3-9(6-11(10)16)8-17-12(7-14(18)19)13-2-1-5-20-13/h1-6,12,17H,7-8H2,(H,18,19). The smallest absolute Gasteiger partial charge is 0.305 e. The molecule has 1 atom stereocenters. The van der Waals surface area contributed by atoms with Crippen LogP contribution < -0.4 is 5.32 Å². The van der Waals surface area contributed by atoms with Crippen molar-refractivity contribution >= 4 is 40.5 Å². The summed E-state index contributed by atoms with van der Waals surface area (Å²) in [7, 11) is 0. The third-order valence-electron chi connectivity index (χ3n) is 2.80. The normalized spacial score (nSPS) is 12.3. The molecule has 1 unspecified atom stereocenters. The lowest BCUT2D eigenvalue weighted by atomic mass is 10.1. The van der Waals surface area contributed by atoms with Crippen LogP contribution in [-0.4, -0.2) is 11.1 Å². The number of carboxylic acid groups (broad SMARTS) is 1. The van der Waals surface area contributed by atoms with Gasteiger partial charge >= 0.3 is 5.97 Å². The zero-order valence-corrected chi connectivity index (χ0v) is 12.8. The van der Waals surface area contributed by atoms with Gasteiger partial charge in [0.05, 0.1) is 22.5 Å². The Morgan fingerprint density at radius 2 is 2.10 bits per heavy atom. The van der Waals surface area contributed by atoms with Crippen molar-refractivity contribution in [1.29, 1.82) is 0 Å². The Balaban J connectivity index is 2.04. The van der Waals surface area contributed by atoms with Crippen molar-refractivity contribution in [3.8, 4) is 0 Å². The van der Waals surface area contributed by atoms with Gasteiger partial charge in [-0.15, -0.1) is 11.3 Å². The van der Waals surface area contributed by atoms with E-state index in [1.54, 1.807) is 23.5 Å². The summed E-state index contributed by atoms with van der Waals surface area (Å²) in [6, 6.07) is 9.02. The number of nitrogens with one attached hydrogen (secondary N) is 1. The molecule has 106 valence electrons. The summed E-state index contributed by atoms with van der Waals surface area (Å²) >= 11 is 13.4. The molecule has 0 bridgehead atoms. The minimum Gasteiger partial charge on any atom is -0.481 e. The minimum absolute atomic E-state index is 0.0435. The molecule has 1 heterocycles. The van der Waals surface area contributed by atoms with Crippen molar-refractivity contribution in [2.45, 2.75) is 19.0 Å². The van der Waals surface area contributed by atoms with Crippen LogP contribution in [-0.2, 0) is 11.3 Å². The summed E-state index contributed by atoms with van der Waals surface area (Å²) in [6.07, 6.45) is 0.0435. The maximum Gasteiger partial charge on any atom is 0.305 e. The van der Waals surface area contributed by atoms with Crippen molar-refractivity contribution in [1.82, 2.24) is 5.32 Å². The van der Waals surface area contributed by atoms with Crippen molar-refractivity contribution in [3.63, 3.8) is 0 Å². The lowest BCUT2D eigenvalue weighted by Crippen LogP contribution is -2.22. The maximum atomic E-state index is 10.9. The highest BCUT2D eigenvalue weighted by molar-refractivity contribution is 7.10. The molecule has 20 heavy (non-hydrogen) atoms.